The van der Waals surface area contributed by atoms with Crippen molar-refractivity contribution in [2.24, 2.45) is 5.92 Å². The number of rotatable bonds is 4. The van der Waals surface area contributed by atoms with Gasteiger partial charge >= 0.3 is 0 Å². The molecule has 24 heavy (non-hydrogen) atoms. The first-order chi connectivity index (χ1) is 11.5. The van der Waals surface area contributed by atoms with Gasteiger partial charge in [-0.3, -0.25) is 9.69 Å². The van der Waals surface area contributed by atoms with Gasteiger partial charge in [0.1, 0.15) is 11.5 Å². The van der Waals surface area contributed by atoms with Gasteiger partial charge in [0.2, 0.25) is 5.91 Å². The fourth-order valence-electron chi connectivity index (χ4n) is 4.09. The van der Waals surface area contributed by atoms with Crippen molar-refractivity contribution in [3.8, 4) is 0 Å². The molecule has 0 unspecified atom stereocenters. The summed E-state index contributed by atoms with van der Waals surface area (Å²) in [6, 6.07) is 4.58. The number of nitrogens with zero attached hydrogens (tertiary/aromatic N) is 3. The molecule has 5 heteroatoms. The van der Waals surface area contributed by atoms with Gasteiger partial charge in [-0.15, -0.1) is 0 Å². The first-order valence-electron chi connectivity index (χ1n) is 9.26. The minimum Gasteiger partial charge on any atom is -0.464 e. The molecule has 1 amide bonds. The maximum absolute atomic E-state index is 12.8. The van der Waals surface area contributed by atoms with Crippen LogP contribution in [0.3, 0.4) is 0 Å². The van der Waals surface area contributed by atoms with Gasteiger partial charge in [-0.25, -0.2) is 0 Å². The topological polar surface area (TPSA) is 39.9 Å². The van der Waals surface area contributed by atoms with Gasteiger partial charge in [0.15, 0.2) is 0 Å². The van der Waals surface area contributed by atoms with E-state index < -0.39 is 0 Å². The summed E-state index contributed by atoms with van der Waals surface area (Å²) in [5.41, 5.74) is 0. The van der Waals surface area contributed by atoms with E-state index in [-0.39, 0.29) is 11.8 Å². The summed E-state index contributed by atoms with van der Waals surface area (Å²) in [5.74, 6) is 2.17. The summed E-state index contributed by atoms with van der Waals surface area (Å²) in [6.07, 6.45) is 4.62. The second kappa shape index (κ2) is 7.70. The highest BCUT2D eigenvalue weighted by Gasteiger charge is 2.32. The smallest absolute Gasteiger partial charge is 0.227 e. The maximum atomic E-state index is 12.8. The van der Waals surface area contributed by atoms with Crippen LogP contribution in [0.2, 0.25) is 0 Å². The zero-order chi connectivity index (χ0) is 17.1. The van der Waals surface area contributed by atoms with Gasteiger partial charge in [-0.2, -0.15) is 0 Å². The Kier molecular flexibility index (Phi) is 5.61. The number of hydrogen-bond acceptors (Lipinski definition) is 4. The Morgan fingerprint density at radius 3 is 2.67 bits per heavy atom. The van der Waals surface area contributed by atoms with Crippen molar-refractivity contribution in [3.63, 3.8) is 0 Å². The Bertz CT molecular complexity index is 549. The summed E-state index contributed by atoms with van der Waals surface area (Å²) in [5, 5.41) is 0. The molecule has 1 aromatic heterocycles. The fourth-order valence-corrected chi connectivity index (χ4v) is 4.09. The third-order valence-corrected chi connectivity index (χ3v) is 5.57. The molecule has 3 rings (SSSR count). The number of likely N-dealkylation sites (tertiary alicyclic amines) is 2. The highest BCUT2D eigenvalue weighted by atomic mass is 16.3. The van der Waals surface area contributed by atoms with Crippen LogP contribution in [0.1, 0.15) is 37.2 Å². The van der Waals surface area contributed by atoms with Crippen LogP contribution in [0.25, 0.3) is 0 Å². The fraction of sp³-hybridized carbons (Fsp3) is 0.737. The number of hydrogen-bond donors (Lipinski definition) is 0. The minimum absolute atomic E-state index is 0.138. The number of amides is 1. The van der Waals surface area contributed by atoms with E-state index in [2.05, 4.69) is 16.8 Å². The van der Waals surface area contributed by atoms with Crippen molar-refractivity contribution in [1.29, 1.82) is 0 Å². The molecule has 5 nitrogen and oxygen atoms in total. The number of carbonyl (C=O) groups excluding carboxylic acids is 1. The summed E-state index contributed by atoms with van der Waals surface area (Å²) < 4.78 is 5.61. The van der Waals surface area contributed by atoms with Crippen LogP contribution in [0.15, 0.2) is 16.5 Å². The molecule has 0 N–H and O–H groups in total. The lowest BCUT2D eigenvalue weighted by atomic mass is 9.93. The quantitative estimate of drug-likeness (QED) is 0.848. The normalized spacial score (nSPS) is 24.2. The summed E-state index contributed by atoms with van der Waals surface area (Å²) >= 11 is 0. The third kappa shape index (κ3) is 4.19. The van der Waals surface area contributed by atoms with E-state index in [1.807, 2.05) is 31.0 Å². The predicted octanol–water partition coefficient (Wildman–Crippen LogP) is 2.35. The van der Waals surface area contributed by atoms with Crippen LogP contribution in [-0.2, 0) is 11.3 Å². The maximum Gasteiger partial charge on any atom is 0.227 e. The number of aryl methyl sites for hydroxylation is 1. The van der Waals surface area contributed by atoms with E-state index in [4.69, 9.17) is 4.42 Å². The molecule has 0 aliphatic carbocycles. The van der Waals surface area contributed by atoms with Gasteiger partial charge < -0.3 is 14.2 Å². The largest absolute Gasteiger partial charge is 0.464 e. The van der Waals surface area contributed by atoms with Gasteiger partial charge in [0, 0.05) is 19.6 Å². The van der Waals surface area contributed by atoms with E-state index in [0.29, 0.717) is 12.6 Å². The first-order valence-corrected chi connectivity index (χ1v) is 9.26. The zero-order valence-corrected chi connectivity index (χ0v) is 15.3. The predicted molar refractivity (Wildman–Crippen MR) is 94.7 cm³/mol. The number of carbonyl (C=O) groups is 1. The standard InChI is InChI=1S/C19H31N3O2/c1-15-6-7-18(24-15)14-21(3)19(23)16-5-4-10-22(13-16)17-8-11-20(2)12-9-17/h6-7,16-17H,4-5,8-14H2,1-3H3/t16-/m1/s1. The van der Waals surface area contributed by atoms with E-state index in [0.717, 1.165) is 37.5 Å². The Hall–Kier alpha value is -1.33. The number of furan rings is 1. The summed E-state index contributed by atoms with van der Waals surface area (Å²) in [6.45, 7) is 6.94. The SMILES string of the molecule is Cc1ccc(CN(C)C(=O)[C@@H]2CCCN(C3CCN(C)CC3)C2)o1. The van der Waals surface area contributed by atoms with Crippen molar-refractivity contribution < 1.29 is 9.21 Å². The van der Waals surface area contributed by atoms with E-state index in [1.165, 1.54) is 25.9 Å². The molecule has 1 atom stereocenters. The molecule has 2 fully saturated rings. The van der Waals surface area contributed by atoms with Crippen molar-refractivity contribution in [2.45, 2.75) is 45.2 Å². The Labute approximate surface area is 145 Å². The highest BCUT2D eigenvalue weighted by Crippen LogP contribution is 2.25. The van der Waals surface area contributed by atoms with Crippen LogP contribution in [-0.4, -0.2) is 66.9 Å². The average Bonchev–Trinajstić information content (AvgIpc) is 3.00. The van der Waals surface area contributed by atoms with Gasteiger partial charge in [0.05, 0.1) is 12.5 Å². The van der Waals surface area contributed by atoms with Gasteiger partial charge in [0.25, 0.3) is 0 Å². The third-order valence-electron chi connectivity index (χ3n) is 5.57. The summed E-state index contributed by atoms with van der Waals surface area (Å²) in [4.78, 5) is 19.7. The summed E-state index contributed by atoms with van der Waals surface area (Å²) in [7, 11) is 4.10. The van der Waals surface area contributed by atoms with Crippen LogP contribution >= 0.6 is 0 Å². The molecule has 2 saturated heterocycles. The molecule has 134 valence electrons. The molecule has 0 bridgehead atoms. The van der Waals surface area contributed by atoms with Crippen molar-refractivity contribution >= 4 is 5.91 Å². The van der Waals surface area contributed by atoms with Crippen molar-refractivity contribution in [3.05, 3.63) is 23.7 Å². The van der Waals surface area contributed by atoms with Crippen LogP contribution in [0.5, 0.6) is 0 Å². The average molecular weight is 333 g/mol. The van der Waals surface area contributed by atoms with Crippen molar-refractivity contribution in [1.82, 2.24) is 14.7 Å². The molecule has 0 radical (unpaired) electrons. The van der Waals surface area contributed by atoms with E-state index in [9.17, 15) is 4.79 Å². The van der Waals surface area contributed by atoms with E-state index >= 15 is 0 Å². The van der Waals surface area contributed by atoms with Gasteiger partial charge in [-0.05, 0) is 71.4 Å². The molecular weight excluding hydrogens is 302 g/mol. The van der Waals surface area contributed by atoms with Crippen LogP contribution < -0.4 is 0 Å². The number of piperidine rings is 2. The molecule has 0 aromatic carbocycles. The Balaban J connectivity index is 1.54. The molecule has 2 aliphatic rings. The zero-order valence-electron chi connectivity index (χ0n) is 15.3. The van der Waals surface area contributed by atoms with Gasteiger partial charge in [-0.1, -0.05) is 0 Å². The highest BCUT2D eigenvalue weighted by molar-refractivity contribution is 5.78. The molecule has 2 aliphatic heterocycles. The second-order valence-corrected chi connectivity index (χ2v) is 7.58. The minimum atomic E-state index is 0.138. The lowest BCUT2D eigenvalue weighted by Crippen LogP contribution is -2.50. The first kappa shape index (κ1) is 17.5. The molecular formula is C19H31N3O2. The molecule has 0 spiro atoms. The monoisotopic (exact) mass is 333 g/mol. The van der Waals surface area contributed by atoms with E-state index in [1.54, 1.807) is 0 Å². The second-order valence-electron chi connectivity index (χ2n) is 7.58. The Morgan fingerprint density at radius 1 is 1.25 bits per heavy atom. The molecule has 3 heterocycles. The van der Waals surface area contributed by atoms with Crippen LogP contribution in [0.4, 0.5) is 0 Å². The lowest BCUT2D eigenvalue weighted by Gasteiger charge is -2.41. The lowest BCUT2D eigenvalue weighted by molar-refractivity contribution is -0.137. The van der Waals surface area contributed by atoms with Crippen molar-refractivity contribution in [2.75, 3.05) is 40.3 Å². The van der Waals surface area contributed by atoms with Crippen LogP contribution in [0, 0.1) is 12.8 Å². The molecule has 0 saturated carbocycles. The Morgan fingerprint density at radius 2 is 2.00 bits per heavy atom. The molecule has 1 aromatic rings.